The van der Waals surface area contributed by atoms with Crippen molar-refractivity contribution in [2.24, 2.45) is 17.6 Å². The van der Waals surface area contributed by atoms with Gasteiger partial charge in [0.15, 0.2) is 0 Å². The Bertz CT molecular complexity index is 378. The maximum absolute atomic E-state index is 6.06. The zero-order valence-corrected chi connectivity index (χ0v) is 12.3. The third-order valence-corrected chi connectivity index (χ3v) is 3.77. The number of aromatic nitrogens is 1. The second-order valence-electron chi connectivity index (χ2n) is 6.32. The van der Waals surface area contributed by atoms with Crippen molar-refractivity contribution in [3.8, 4) is 5.75 Å². The second kappa shape index (κ2) is 6.38. The fourth-order valence-electron chi connectivity index (χ4n) is 3.09. The van der Waals surface area contributed by atoms with Gasteiger partial charge in [0.05, 0.1) is 12.3 Å². The van der Waals surface area contributed by atoms with Crippen LogP contribution in [0.2, 0.25) is 0 Å². The van der Waals surface area contributed by atoms with E-state index in [9.17, 15) is 0 Å². The van der Waals surface area contributed by atoms with E-state index in [0.29, 0.717) is 6.10 Å². The van der Waals surface area contributed by atoms with Crippen LogP contribution < -0.4 is 10.5 Å². The van der Waals surface area contributed by atoms with Gasteiger partial charge in [-0.15, -0.1) is 0 Å². The van der Waals surface area contributed by atoms with Crippen LogP contribution in [-0.2, 0) is 6.42 Å². The molecule has 0 aromatic carbocycles. The zero-order valence-electron chi connectivity index (χ0n) is 12.3. The number of pyridine rings is 1. The van der Waals surface area contributed by atoms with Crippen molar-refractivity contribution in [2.75, 3.05) is 0 Å². The summed E-state index contributed by atoms with van der Waals surface area (Å²) in [5.41, 5.74) is 6.81. The van der Waals surface area contributed by atoms with E-state index < -0.39 is 0 Å². The van der Waals surface area contributed by atoms with Crippen molar-refractivity contribution in [1.29, 1.82) is 0 Å². The van der Waals surface area contributed by atoms with Gasteiger partial charge in [0.2, 0.25) is 0 Å². The fourth-order valence-corrected chi connectivity index (χ4v) is 3.09. The molecule has 0 amide bonds. The van der Waals surface area contributed by atoms with Crippen LogP contribution in [0.25, 0.3) is 0 Å². The third kappa shape index (κ3) is 4.50. The van der Waals surface area contributed by atoms with Crippen molar-refractivity contribution < 1.29 is 4.74 Å². The number of ether oxygens (including phenoxy) is 1. The summed E-state index contributed by atoms with van der Waals surface area (Å²) in [4.78, 5) is 4.42. The minimum absolute atomic E-state index is 0.152. The summed E-state index contributed by atoms with van der Waals surface area (Å²) in [6.07, 6.45) is 6.64. The van der Waals surface area contributed by atoms with E-state index in [4.69, 9.17) is 10.5 Å². The fraction of sp³-hybridized carbons (Fsp3) is 0.688. The lowest BCUT2D eigenvalue weighted by Crippen LogP contribution is -2.28. The lowest BCUT2D eigenvalue weighted by Gasteiger charge is -2.31. The van der Waals surface area contributed by atoms with Gasteiger partial charge < -0.3 is 10.5 Å². The molecule has 2 rings (SSSR count). The van der Waals surface area contributed by atoms with Crippen LogP contribution in [0.4, 0.5) is 0 Å². The molecule has 3 atom stereocenters. The molecule has 1 aliphatic rings. The van der Waals surface area contributed by atoms with Crippen LogP contribution >= 0.6 is 0 Å². The molecule has 3 heteroatoms. The summed E-state index contributed by atoms with van der Waals surface area (Å²) in [6.45, 7) is 6.63. The Labute approximate surface area is 116 Å². The number of hydrogen-bond acceptors (Lipinski definition) is 3. The van der Waals surface area contributed by atoms with E-state index in [1.54, 1.807) is 0 Å². The van der Waals surface area contributed by atoms with E-state index >= 15 is 0 Å². The summed E-state index contributed by atoms with van der Waals surface area (Å²) < 4.78 is 6.06. The number of hydrogen-bond donors (Lipinski definition) is 1. The normalized spacial score (nSPS) is 28.9. The van der Waals surface area contributed by atoms with E-state index in [1.165, 1.54) is 6.42 Å². The summed E-state index contributed by atoms with van der Waals surface area (Å²) in [5, 5.41) is 0. The Balaban J connectivity index is 1.92. The molecule has 0 bridgehead atoms. The van der Waals surface area contributed by atoms with Gasteiger partial charge in [0.1, 0.15) is 5.75 Å². The number of nitrogens with two attached hydrogens (primary N) is 1. The van der Waals surface area contributed by atoms with Gasteiger partial charge in [-0.3, -0.25) is 4.98 Å². The highest BCUT2D eigenvalue weighted by atomic mass is 16.5. The third-order valence-electron chi connectivity index (χ3n) is 3.77. The largest absolute Gasteiger partial charge is 0.489 e. The minimum Gasteiger partial charge on any atom is -0.489 e. The molecule has 0 spiro atoms. The van der Waals surface area contributed by atoms with Crippen molar-refractivity contribution in [3.05, 3.63) is 24.0 Å². The van der Waals surface area contributed by atoms with Gasteiger partial charge in [-0.1, -0.05) is 13.8 Å². The molecule has 1 saturated carbocycles. The molecular formula is C16H26N2O. The first-order valence-electron chi connectivity index (χ1n) is 7.40. The van der Waals surface area contributed by atoms with Crippen LogP contribution in [0.3, 0.4) is 0 Å². The maximum Gasteiger partial charge on any atom is 0.138 e. The molecule has 19 heavy (non-hydrogen) atoms. The van der Waals surface area contributed by atoms with Crippen LogP contribution in [0, 0.1) is 11.8 Å². The molecular weight excluding hydrogens is 236 g/mol. The van der Waals surface area contributed by atoms with Crippen molar-refractivity contribution in [2.45, 2.75) is 58.6 Å². The van der Waals surface area contributed by atoms with Gasteiger partial charge in [0, 0.05) is 18.2 Å². The van der Waals surface area contributed by atoms with Crippen LogP contribution in [0.1, 0.15) is 45.7 Å². The van der Waals surface area contributed by atoms with Crippen molar-refractivity contribution in [3.63, 3.8) is 0 Å². The quantitative estimate of drug-likeness (QED) is 0.906. The SMILES string of the molecule is CC(N)Cc1ccc(OC2CC(C)CC(C)C2)cn1. The molecule has 106 valence electrons. The maximum atomic E-state index is 6.06. The standard InChI is InChI=1S/C16H26N2O/c1-11-6-12(2)8-16(7-11)19-15-5-4-14(18-10-15)9-13(3)17/h4-5,10-13,16H,6-9,17H2,1-3H3. The van der Waals surface area contributed by atoms with E-state index in [1.807, 2.05) is 25.3 Å². The highest BCUT2D eigenvalue weighted by molar-refractivity contribution is 5.20. The van der Waals surface area contributed by atoms with E-state index in [2.05, 4.69) is 18.8 Å². The number of rotatable bonds is 4. The second-order valence-corrected chi connectivity index (χ2v) is 6.32. The topological polar surface area (TPSA) is 48.1 Å². The molecule has 2 N–H and O–H groups in total. The van der Waals surface area contributed by atoms with Gasteiger partial charge in [-0.2, -0.15) is 0 Å². The predicted octanol–water partition coefficient (Wildman–Crippen LogP) is 3.17. The van der Waals surface area contributed by atoms with E-state index in [0.717, 1.165) is 42.5 Å². The van der Waals surface area contributed by atoms with Gasteiger partial charge in [-0.05, 0) is 50.2 Å². The molecule has 1 aromatic heterocycles. The monoisotopic (exact) mass is 262 g/mol. The highest BCUT2D eigenvalue weighted by Gasteiger charge is 2.25. The van der Waals surface area contributed by atoms with Crippen LogP contribution in [0.15, 0.2) is 18.3 Å². The molecule has 0 aliphatic heterocycles. The van der Waals surface area contributed by atoms with Gasteiger partial charge in [0.25, 0.3) is 0 Å². The van der Waals surface area contributed by atoms with Crippen molar-refractivity contribution in [1.82, 2.24) is 4.98 Å². The van der Waals surface area contributed by atoms with Gasteiger partial charge >= 0.3 is 0 Å². The van der Waals surface area contributed by atoms with Crippen molar-refractivity contribution >= 4 is 0 Å². The Kier molecular flexibility index (Phi) is 4.81. The smallest absolute Gasteiger partial charge is 0.138 e. The van der Waals surface area contributed by atoms with E-state index in [-0.39, 0.29) is 6.04 Å². The Hall–Kier alpha value is -1.09. The average Bonchev–Trinajstić information content (AvgIpc) is 2.29. The summed E-state index contributed by atoms with van der Waals surface area (Å²) >= 11 is 0. The first kappa shape index (κ1) is 14.3. The minimum atomic E-state index is 0.152. The molecule has 0 radical (unpaired) electrons. The molecule has 1 fully saturated rings. The first-order chi connectivity index (χ1) is 9.02. The molecule has 0 saturated heterocycles. The first-order valence-corrected chi connectivity index (χ1v) is 7.40. The Morgan fingerprint density at radius 2 is 1.95 bits per heavy atom. The molecule has 3 nitrogen and oxygen atoms in total. The average molecular weight is 262 g/mol. The summed E-state index contributed by atoms with van der Waals surface area (Å²) in [6, 6.07) is 4.20. The predicted molar refractivity (Wildman–Crippen MR) is 78.2 cm³/mol. The molecule has 1 heterocycles. The zero-order chi connectivity index (χ0) is 13.8. The molecule has 1 aliphatic carbocycles. The van der Waals surface area contributed by atoms with Crippen LogP contribution in [-0.4, -0.2) is 17.1 Å². The Morgan fingerprint density at radius 1 is 1.26 bits per heavy atom. The van der Waals surface area contributed by atoms with Gasteiger partial charge in [-0.25, -0.2) is 0 Å². The number of nitrogens with zero attached hydrogens (tertiary/aromatic N) is 1. The molecule has 1 aromatic rings. The summed E-state index contributed by atoms with van der Waals surface area (Å²) in [5.74, 6) is 2.41. The lowest BCUT2D eigenvalue weighted by atomic mass is 9.82. The highest BCUT2D eigenvalue weighted by Crippen LogP contribution is 2.31. The summed E-state index contributed by atoms with van der Waals surface area (Å²) in [7, 11) is 0. The Morgan fingerprint density at radius 3 is 2.47 bits per heavy atom. The molecule has 3 unspecified atom stereocenters. The lowest BCUT2D eigenvalue weighted by molar-refractivity contribution is 0.101. The van der Waals surface area contributed by atoms with Crippen LogP contribution in [0.5, 0.6) is 5.75 Å².